The molecule has 1 atom stereocenters. The normalized spacial score (nSPS) is 18.3. The Morgan fingerprint density at radius 1 is 1.25 bits per heavy atom. The Kier molecular flexibility index (Phi) is 6.50. The summed E-state index contributed by atoms with van der Waals surface area (Å²) in [7, 11) is -3.72. The van der Waals surface area contributed by atoms with Crippen molar-refractivity contribution in [3.8, 4) is 0 Å². The largest absolute Gasteiger partial charge is 0.465 e. The van der Waals surface area contributed by atoms with Crippen LogP contribution in [0.1, 0.15) is 13.8 Å². The van der Waals surface area contributed by atoms with E-state index in [1.807, 2.05) is 4.90 Å². The summed E-state index contributed by atoms with van der Waals surface area (Å²) >= 11 is 12.0. The molecule has 1 aliphatic rings. The molecule has 1 fully saturated rings. The number of sulfonamides is 1. The van der Waals surface area contributed by atoms with Crippen molar-refractivity contribution in [2.45, 2.75) is 24.8 Å². The highest BCUT2D eigenvalue weighted by molar-refractivity contribution is 7.89. The lowest BCUT2D eigenvalue weighted by atomic mass is 10.2. The minimum atomic E-state index is -3.72. The van der Waals surface area contributed by atoms with Crippen molar-refractivity contribution in [2.75, 3.05) is 32.8 Å². The fraction of sp³-hybridized carbons (Fsp3) is 0.533. The molecule has 0 saturated carbocycles. The predicted molar refractivity (Wildman–Crippen MR) is 92.9 cm³/mol. The monoisotopic (exact) mass is 394 g/mol. The Morgan fingerprint density at radius 2 is 1.88 bits per heavy atom. The lowest BCUT2D eigenvalue weighted by Gasteiger charge is -2.36. The number of carbonyl (C=O) groups is 1. The number of ether oxygens (including phenoxy) is 1. The SMILES string of the molecule is CCOC(=O)C(C)N1CCN(S(=O)(=O)c2cccc(Cl)c2Cl)CC1. The average molecular weight is 395 g/mol. The molecule has 1 unspecified atom stereocenters. The molecule has 0 radical (unpaired) electrons. The highest BCUT2D eigenvalue weighted by Gasteiger charge is 2.33. The smallest absolute Gasteiger partial charge is 0.323 e. The third kappa shape index (κ3) is 4.03. The van der Waals surface area contributed by atoms with Crippen molar-refractivity contribution in [3.05, 3.63) is 28.2 Å². The molecule has 1 heterocycles. The van der Waals surface area contributed by atoms with Crippen LogP contribution in [0.25, 0.3) is 0 Å². The summed E-state index contributed by atoms with van der Waals surface area (Å²) in [6, 6.07) is 4.14. The van der Waals surface area contributed by atoms with Crippen molar-refractivity contribution < 1.29 is 17.9 Å². The molecule has 0 amide bonds. The quantitative estimate of drug-likeness (QED) is 0.716. The van der Waals surface area contributed by atoms with E-state index in [4.69, 9.17) is 27.9 Å². The molecule has 6 nitrogen and oxygen atoms in total. The standard InChI is InChI=1S/C15H20Cl2N2O4S/c1-3-23-15(20)11(2)18-7-9-19(10-8-18)24(21,22)13-6-4-5-12(16)14(13)17/h4-6,11H,3,7-10H2,1-2H3. The van der Waals surface area contributed by atoms with Gasteiger partial charge >= 0.3 is 5.97 Å². The van der Waals surface area contributed by atoms with Crippen molar-refractivity contribution >= 4 is 39.2 Å². The number of esters is 1. The molecule has 0 aliphatic carbocycles. The zero-order chi connectivity index (χ0) is 17.9. The molecule has 1 aromatic rings. The van der Waals surface area contributed by atoms with Crippen molar-refractivity contribution in [1.82, 2.24) is 9.21 Å². The summed E-state index contributed by atoms with van der Waals surface area (Å²) in [4.78, 5) is 13.7. The predicted octanol–water partition coefficient (Wildman–Crippen LogP) is 2.25. The molecule has 9 heteroatoms. The van der Waals surface area contributed by atoms with E-state index in [1.54, 1.807) is 26.0 Å². The maximum absolute atomic E-state index is 12.7. The first-order valence-corrected chi connectivity index (χ1v) is 9.83. The molecule has 24 heavy (non-hydrogen) atoms. The number of carbonyl (C=O) groups excluding carboxylic acids is 1. The third-order valence-electron chi connectivity index (χ3n) is 3.98. The second-order valence-electron chi connectivity index (χ2n) is 5.42. The van der Waals surface area contributed by atoms with Gasteiger partial charge in [-0.05, 0) is 26.0 Å². The fourth-order valence-corrected chi connectivity index (χ4v) is 4.72. The molecule has 1 saturated heterocycles. The fourth-order valence-electron chi connectivity index (χ4n) is 2.57. The van der Waals surface area contributed by atoms with Gasteiger partial charge in [0.25, 0.3) is 0 Å². The van der Waals surface area contributed by atoms with Crippen LogP contribution in [0.15, 0.2) is 23.1 Å². The second kappa shape index (κ2) is 8.01. The van der Waals surface area contributed by atoms with Gasteiger partial charge in [0.15, 0.2) is 0 Å². The summed E-state index contributed by atoms with van der Waals surface area (Å²) in [5.74, 6) is -0.299. The number of hydrogen-bond acceptors (Lipinski definition) is 5. The van der Waals surface area contributed by atoms with Crippen LogP contribution < -0.4 is 0 Å². The third-order valence-corrected chi connectivity index (χ3v) is 6.85. The Morgan fingerprint density at radius 3 is 2.46 bits per heavy atom. The number of halogens is 2. The van der Waals surface area contributed by atoms with Crippen molar-refractivity contribution in [3.63, 3.8) is 0 Å². The van der Waals surface area contributed by atoms with Crippen LogP contribution in [0.4, 0.5) is 0 Å². The zero-order valence-electron chi connectivity index (χ0n) is 13.5. The number of hydrogen-bond donors (Lipinski definition) is 0. The lowest BCUT2D eigenvalue weighted by molar-refractivity contribution is -0.149. The lowest BCUT2D eigenvalue weighted by Crippen LogP contribution is -2.53. The molecular weight excluding hydrogens is 375 g/mol. The van der Waals surface area contributed by atoms with Gasteiger partial charge in [-0.15, -0.1) is 0 Å². The topological polar surface area (TPSA) is 66.9 Å². The van der Waals surface area contributed by atoms with Crippen LogP contribution >= 0.6 is 23.2 Å². The first kappa shape index (κ1) is 19.5. The summed E-state index contributed by atoms with van der Waals surface area (Å²) in [6.07, 6.45) is 0. The van der Waals surface area contributed by atoms with E-state index < -0.39 is 16.1 Å². The zero-order valence-corrected chi connectivity index (χ0v) is 15.9. The number of nitrogens with zero attached hydrogens (tertiary/aromatic N) is 2. The molecule has 2 rings (SSSR count). The Bertz CT molecular complexity index is 703. The number of rotatable bonds is 5. The molecule has 0 aromatic heterocycles. The van der Waals surface area contributed by atoms with Crippen LogP contribution in [-0.2, 0) is 19.6 Å². The van der Waals surface area contributed by atoms with Gasteiger partial charge in [-0.25, -0.2) is 8.42 Å². The van der Waals surface area contributed by atoms with Crippen LogP contribution in [0.5, 0.6) is 0 Å². The van der Waals surface area contributed by atoms with Crippen LogP contribution in [0.3, 0.4) is 0 Å². The molecule has 0 spiro atoms. The van der Waals surface area contributed by atoms with Gasteiger partial charge in [0.2, 0.25) is 10.0 Å². The summed E-state index contributed by atoms with van der Waals surface area (Å²) in [6.45, 7) is 5.27. The summed E-state index contributed by atoms with van der Waals surface area (Å²) in [5, 5.41) is 0.230. The van der Waals surface area contributed by atoms with E-state index in [0.717, 1.165) is 0 Å². The van der Waals surface area contributed by atoms with Crippen molar-refractivity contribution in [1.29, 1.82) is 0 Å². The van der Waals surface area contributed by atoms with Crippen LogP contribution in [0.2, 0.25) is 10.0 Å². The molecule has 1 aromatic carbocycles. The van der Waals surface area contributed by atoms with Crippen LogP contribution in [0, 0.1) is 0 Å². The maximum atomic E-state index is 12.7. The van der Waals surface area contributed by atoms with Crippen molar-refractivity contribution in [2.24, 2.45) is 0 Å². The summed E-state index contributed by atoms with van der Waals surface area (Å²) < 4.78 is 31.9. The van der Waals surface area contributed by atoms with E-state index in [1.165, 1.54) is 10.4 Å². The van der Waals surface area contributed by atoms with E-state index in [-0.39, 0.29) is 34.0 Å². The second-order valence-corrected chi connectivity index (χ2v) is 8.11. The van der Waals surface area contributed by atoms with E-state index >= 15 is 0 Å². The van der Waals surface area contributed by atoms with Gasteiger partial charge in [0, 0.05) is 26.2 Å². The Hall–Kier alpha value is -0.860. The first-order valence-electron chi connectivity index (χ1n) is 7.64. The minimum Gasteiger partial charge on any atom is -0.465 e. The first-order chi connectivity index (χ1) is 11.3. The van der Waals surface area contributed by atoms with E-state index in [9.17, 15) is 13.2 Å². The Labute approximate surface area is 152 Å². The van der Waals surface area contributed by atoms with E-state index in [2.05, 4.69) is 0 Å². The average Bonchev–Trinajstić information content (AvgIpc) is 2.56. The Balaban J connectivity index is 2.09. The summed E-state index contributed by atoms with van der Waals surface area (Å²) in [5.41, 5.74) is 0. The molecular formula is C15H20Cl2N2O4S. The number of benzene rings is 1. The van der Waals surface area contributed by atoms with Gasteiger partial charge in [0.05, 0.1) is 16.7 Å². The molecule has 134 valence electrons. The molecule has 1 aliphatic heterocycles. The molecule has 0 bridgehead atoms. The van der Waals surface area contributed by atoms with Gasteiger partial charge in [0.1, 0.15) is 10.9 Å². The maximum Gasteiger partial charge on any atom is 0.323 e. The van der Waals surface area contributed by atoms with Gasteiger partial charge in [-0.2, -0.15) is 4.31 Å². The highest BCUT2D eigenvalue weighted by atomic mass is 35.5. The van der Waals surface area contributed by atoms with Gasteiger partial charge in [-0.1, -0.05) is 29.3 Å². The van der Waals surface area contributed by atoms with Crippen LogP contribution in [-0.4, -0.2) is 62.4 Å². The number of piperazine rings is 1. The highest BCUT2D eigenvalue weighted by Crippen LogP contribution is 2.31. The molecule has 0 N–H and O–H groups in total. The van der Waals surface area contributed by atoms with Gasteiger partial charge < -0.3 is 4.74 Å². The van der Waals surface area contributed by atoms with Gasteiger partial charge in [-0.3, -0.25) is 9.69 Å². The minimum absolute atomic E-state index is 0.00329. The van der Waals surface area contributed by atoms with E-state index in [0.29, 0.717) is 19.7 Å².